The molecule has 1 aromatic carbocycles. The Morgan fingerprint density at radius 3 is 2.31 bits per heavy atom. The van der Waals surface area contributed by atoms with Crippen LogP contribution in [-0.2, 0) is 11.2 Å². The van der Waals surface area contributed by atoms with Gasteiger partial charge in [-0.15, -0.1) is 0 Å². The second-order valence-electron chi connectivity index (χ2n) is 7.09. The Balaban J connectivity index is 2.84. The molecule has 0 radical (unpaired) electrons. The first-order chi connectivity index (χ1) is 12.3. The summed E-state index contributed by atoms with van der Waals surface area (Å²) >= 11 is 1.72. The molecule has 0 fully saturated rings. The lowest BCUT2D eigenvalue weighted by Gasteiger charge is -2.28. The number of carbonyl (C=O) groups is 2. The highest BCUT2D eigenvalue weighted by Crippen LogP contribution is 2.08. The van der Waals surface area contributed by atoms with Crippen LogP contribution in [0.3, 0.4) is 0 Å². The number of carbonyl (C=O) groups excluding carboxylic acids is 2. The molecule has 0 spiro atoms. The molecule has 1 aromatic rings. The van der Waals surface area contributed by atoms with Crippen LogP contribution in [0.1, 0.15) is 25.8 Å². The van der Waals surface area contributed by atoms with Crippen LogP contribution in [0.4, 0.5) is 4.79 Å². The average Bonchev–Trinajstić information content (AvgIpc) is 2.61. The Labute approximate surface area is 162 Å². The minimum atomic E-state index is -0.560. The summed E-state index contributed by atoms with van der Waals surface area (Å²) in [5, 5.41) is 2.97. The van der Waals surface area contributed by atoms with Crippen molar-refractivity contribution in [3.05, 3.63) is 35.9 Å². The van der Waals surface area contributed by atoms with Crippen molar-refractivity contribution in [2.24, 2.45) is 5.92 Å². The lowest BCUT2D eigenvalue weighted by Crippen LogP contribution is -2.52. The Morgan fingerprint density at radius 1 is 1.12 bits per heavy atom. The van der Waals surface area contributed by atoms with E-state index in [1.807, 2.05) is 41.5 Å². The molecule has 0 aromatic heterocycles. The molecule has 146 valence electrons. The van der Waals surface area contributed by atoms with Gasteiger partial charge in [-0.2, -0.15) is 11.8 Å². The van der Waals surface area contributed by atoms with Gasteiger partial charge >= 0.3 is 6.03 Å². The lowest BCUT2D eigenvalue weighted by atomic mass is 10.1. The first kappa shape index (κ1) is 22.4. The number of hydrogen-bond donors (Lipinski definition) is 1. The summed E-state index contributed by atoms with van der Waals surface area (Å²) in [6.45, 7) is 5.70. The van der Waals surface area contributed by atoms with E-state index < -0.39 is 6.04 Å². The number of nitrogens with zero attached hydrogens (tertiary/aromatic N) is 2. The van der Waals surface area contributed by atoms with Gasteiger partial charge in [0.05, 0.1) is 0 Å². The van der Waals surface area contributed by atoms with E-state index in [9.17, 15) is 9.59 Å². The third-order valence-electron chi connectivity index (χ3n) is 4.15. The smallest absolute Gasteiger partial charge is 0.318 e. The number of amides is 3. The van der Waals surface area contributed by atoms with Gasteiger partial charge < -0.3 is 15.1 Å². The second-order valence-corrected chi connectivity index (χ2v) is 8.07. The van der Waals surface area contributed by atoms with E-state index in [4.69, 9.17) is 0 Å². The van der Waals surface area contributed by atoms with E-state index >= 15 is 0 Å². The van der Waals surface area contributed by atoms with Gasteiger partial charge in [0.25, 0.3) is 0 Å². The zero-order valence-electron chi connectivity index (χ0n) is 16.7. The molecule has 0 aliphatic heterocycles. The highest BCUT2D eigenvalue weighted by molar-refractivity contribution is 7.98. The Bertz CT molecular complexity index is 549. The normalized spacial score (nSPS) is 11.9. The first-order valence-electron chi connectivity index (χ1n) is 9.14. The first-order valence-corrected chi connectivity index (χ1v) is 10.5. The van der Waals surface area contributed by atoms with Crippen molar-refractivity contribution in [1.29, 1.82) is 0 Å². The number of thioether (sulfide) groups is 1. The summed E-state index contributed by atoms with van der Waals surface area (Å²) in [5.74, 6) is 1.33. The standard InChI is InChI=1S/C20H33N3O2S/c1-16(2)11-12-23(13-14-26-5)20(25)21-18(19(24)22(3)4)15-17-9-7-6-8-10-17/h6-10,16,18H,11-15H2,1-5H3,(H,21,25). The molecule has 6 heteroatoms. The molecule has 0 aliphatic carbocycles. The fourth-order valence-corrected chi connectivity index (χ4v) is 2.94. The maximum absolute atomic E-state index is 12.8. The van der Waals surface area contributed by atoms with Crippen molar-refractivity contribution in [3.63, 3.8) is 0 Å². The minimum Gasteiger partial charge on any atom is -0.347 e. The number of rotatable bonds is 10. The molecule has 26 heavy (non-hydrogen) atoms. The van der Waals surface area contributed by atoms with E-state index in [1.165, 1.54) is 4.90 Å². The van der Waals surface area contributed by atoms with E-state index in [2.05, 4.69) is 19.2 Å². The molecular weight excluding hydrogens is 346 g/mol. The van der Waals surface area contributed by atoms with Crippen molar-refractivity contribution in [2.75, 3.05) is 39.2 Å². The molecular formula is C20H33N3O2S. The number of urea groups is 1. The summed E-state index contributed by atoms with van der Waals surface area (Å²) in [7, 11) is 3.44. The predicted molar refractivity (Wildman–Crippen MR) is 111 cm³/mol. The van der Waals surface area contributed by atoms with Crippen LogP contribution >= 0.6 is 11.8 Å². The number of benzene rings is 1. The lowest BCUT2D eigenvalue weighted by molar-refractivity contribution is -0.130. The fraction of sp³-hybridized carbons (Fsp3) is 0.600. The topological polar surface area (TPSA) is 52.7 Å². The van der Waals surface area contributed by atoms with Crippen LogP contribution in [0.2, 0.25) is 0 Å². The number of hydrogen-bond acceptors (Lipinski definition) is 3. The van der Waals surface area contributed by atoms with Crippen molar-refractivity contribution in [3.8, 4) is 0 Å². The van der Waals surface area contributed by atoms with Crippen LogP contribution < -0.4 is 5.32 Å². The van der Waals surface area contributed by atoms with Crippen molar-refractivity contribution in [2.45, 2.75) is 32.7 Å². The van der Waals surface area contributed by atoms with Crippen LogP contribution in [-0.4, -0.2) is 67.0 Å². The summed E-state index contributed by atoms with van der Waals surface area (Å²) in [5.41, 5.74) is 1.03. The van der Waals surface area contributed by atoms with Gasteiger partial charge in [0.1, 0.15) is 6.04 Å². The molecule has 1 N–H and O–H groups in total. The molecule has 1 rings (SSSR count). The Morgan fingerprint density at radius 2 is 1.77 bits per heavy atom. The maximum Gasteiger partial charge on any atom is 0.318 e. The van der Waals surface area contributed by atoms with E-state index in [1.54, 1.807) is 25.9 Å². The fourth-order valence-electron chi connectivity index (χ4n) is 2.53. The monoisotopic (exact) mass is 379 g/mol. The van der Waals surface area contributed by atoms with E-state index in [-0.39, 0.29) is 11.9 Å². The van der Waals surface area contributed by atoms with E-state index in [0.717, 1.165) is 17.7 Å². The van der Waals surface area contributed by atoms with Gasteiger partial charge in [-0.05, 0) is 24.2 Å². The Hall–Kier alpha value is -1.69. The Kier molecular flexibility index (Phi) is 10.2. The summed E-state index contributed by atoms with van der Waals surface area (Å²) in [6.07, 6.45) is 3.48. The van der Waals surface area contributed by atoms with E-state index in [0.29, 0.717) is 25.4 Å². The molecule has 0 aliphatic rings. The number of likely N-dealkylation sites (N-methyl/N-ethyl adjacent to an activating group) is 1. The second kappa shape index (κ2) is 11.8. The molecule has 0 saturated heterocycles. The summed E-state index contributed by atoms with van der Waals surface area (Å²) < 4.78 is 0. The molecule has 5 nitrogen and oxygen atoms in total. The molecule has 0 bridgehead atoms. The molecule has 3 amide bonds. The minimum absolute atomic E-state index is 0.0871. The molecule has 1 unspecified atom stereocenters. The zero-order valence-corrected chi connectivity index (χ0v) is 17.5. The highest BCUT2D eigenvalue weighted by atomic mass is 32.2. The average molecular weight is 380 g/mol. The summed E-state index contributed by atoms with van der Waals surface area (Å²) in [4.78, 5) is 28.8. The van der Waals surface area contributed by atoms with Gasteiger partial charge in [-0.25, -0.2) is 4.79 Å². The maximum atomic E-state index is 12.8. The summed E-state index contributed by atoms with van der Waals surface area (Å²) in [6, 6.07) is 9.08. The van der Waals surface area contributed by atoms with Crippen LogP contribution in [0, 0.1) is 5.92 Å². The zero-order chi connectivity index (χ0) is 19.5. The molecule has 1 atom stereocenters. The van der Waals surface area contributed by atoms with Crippen LogP contribution in [0.15, 0.2) is 30.3 Å². The quantitative estimate of drug-likeness (QED) is 0.680. The van der Waals surface area contributed by atoms with Crippen LogP contribution in [0.5, 0.6) is 0 Å². The van der Waals surface area contributed by atoms with Crippen LogP contribution in [0.25, 0.3) is 0 Å². The van der Waals surface area contributed by atoms with Gasteiger partial charge in [0.2, 0.25) is 5.91 Å². The third-order valence-corrected chi connectivity index (χ3v) is 4.74. The highest BCUT2D eigenvalue weighted by Gasteiger charge is 2.25. The van der Waals surface area contributed by atoms with Gasteiger partial charge in [-0.3, -0.25) is 4.79 Å². The number of nitrogens with one attached hydrogen (secondary N) is 1. The third kappa shape index (κ3) is 8.13. The van der Waals surface area contributed by atoms with Gasteiger partial charge in [0.15, 0.2) is 0 Å². The molecule has 0 saturated carbocycles. The van der Waals surface area contributed by atoms with Gasteiger partial charge in [-0.1, -0.05) is 44.2 Å². The SMILES string of the molecule is CSCCN(CCC(C)C)C(=O)NC(Cc1ccccc1)C(=O)N(C)C. The largest absolute Gasteiger partial charge is 0.347 e. The van der Waals surface area contributed by atoms with Crippen molar-refractivity contribution >= 4 is 23.7 Å². The van der Waals surface area contributed by atoms with Gasteiger partial charge in [0, 0.05) is 39.4 Å². The predicted octanol–water partition coefficient (Wildman–Crippen LogP) is 3.11. The van der Waals surface area contributed by atoms with Crippen molar-refractivity contribution in [1.82, 2.24) is 15.1 Å². The molecule has 0 heterocycles. The van der Waals surface area contributed by atoms with Crippen molar-refractivity contribution < 1.29 is 9.59 Å².